The highest BCUT2D eigenvalue weighted by Gasteiger charge is 2.42. The molecule has 0 radical (unpaired) electrons. The average Bonchev–Trinajstić information content (AvgIpc) is 2.87. The van der Waals surface area contributed by atoms with Crippen molar-refractivity contribution < 1.29 is 18.0 Å². The molecule has 7 heteroatoms. The van der Waals surface area contributed by atoms with Crippen molar-refractivity contribution in [3.05, 3.63) is 0 Å². The monoisotopic (exact) mass is 307 g/mol. The van der Waals surface area contributed by atoms with Crippen LogP contribution in [0.25, 0.3) is 0 Å². The van der Waals surface area contributed by atoms with E-state index < -0.39 is 12.1 Å². The Balaban J connectivity index is 1.79. The number of nitrogens with zero attached hydrogens (tertiary/aromatic N) is 1. The molecule has 2 aliphatic rings. The van der Waals surface area contributed by atoms with E-state index in [1.807, 2.05) is 6.92 Å². The summed E-state index contributed by atoms with van der Waals surface area (Å²) in [7, 11) is 0. The summed E-state index contributed by atoms with van der Waals surface area (Å²) in [5, 5.41) is 6.07. The van der Waals surface area contributed by atoms with Crippen molar-refractivity contribution in [2.45, 2.75) is 57.3 Å². The normalized spacial score (nSPS) is 30.5. The first-order valence-corrected chi connectivity index (χ1v) is 7.75. The van der Waals surface area contributed by atoms with Gasteiger partial charge in [-0.2, -0.15) is 13.2 Å². The molecule has 21 heavy (non-hydrogen) atoms. The van der Waals surface area contributed by atoms with Gasteiger partial charge in [-0.3, -0.25) is 0 Å². The second-order valence-electron chi connectivity index (χ2n) is 6.04. The highest BCUT2D eigenvalue weighted by atomic mass is 19.4. The predicted molar refractivity (Wildman–Crippen MR) is 74.0 cm³/mol. The third-order valence-corrected chi connectivity index (χ3v) is 4.41. The predicted octanol–water partition coefficient (Wildman–Crippen LogP) is 2.50. The second-order valence-corrected chi connectivity index (χ2v) is 6.04. The molecular weight excluding hydrogens is 283 g/mol. The topological polar surface area (TPSA) is 44.4 Å². The molecule has 2 rings (SSSR count). The van der Waals surface area contributed by atoms with E-state index in [2.05, 4.69) is 10.6 Å². The molecule has 1 aliphatic heterocycles. The molecule has 1 heterocycles. The number of hydrogen-bond acceptors (Lipinski definition) is 2. The maximum Gasteiger partial charge on any atom is 0.391 e. The Morgan fingerprint density at radius 2 is 2.00 bits per heavy atom. The van der Waals surface area contributed by atoms with Gasteiger partial charge in [-0.25, -0.2) is 4.79 Å². The number of carbonyl (C=O) groups is 1. The SMILES string of the molecule is CCNC(=O)N1CC[C@H](N[C@H]2CCC[C@@H](C(F)(F)F)C2)C1. The van der Waals surface area contributed by atoms with Gasteiger partial charge in [0.25, 0.3) is 0 Å². The fraction of sp³-hybridized carbons (Fsp3) is 0.929. The fourth-order valence-corrected chi connectivity index (χ4v) is 3.32. The number of carbonyl (C=O) groups excluding carboxylic acids is 1. The van der Waals surface area contributed by atoms with E-state index in [1.165, 1.54) is 0 Å². The summed E-state index contributed by atoms with van der Waals surface area (Å²) >= 11 is 0. The number of halogens is 3. The lowest BCUT2D eigenvalue weighted by Gasteiger charge is -2.32. The zero-order chi connectivity index (χ0) is 15.5. The van der Waals surface area contributed by atoms with Crippen molar-refractivity contribution in [3.8, 4) is 0 Å². The van der Waals surface area contributed by atoms with E-state index in [0.717, 1.165) is 12.8 Å². The first-order valence-electron chi connectivity index (χ1n) is 7.75. The van der Waals surface area contributed by atoms with Crippen LogP contribution in [-0.4, -0.2) is 48.8 Å². The molecular formula is C14H24F3N3O. The van der Waals surface area contributed by atoms with E-state index in [4.69, 9.17) is 0 Å². The van der Waals surface area contributed by atoms with Gasteiger partial charge in [-0.1, -0.05) is 6.42 Å². The largest absolute Gasteiger partial charge is 0.391 e. The van der Waals surface area contributed by atoms with Crippen LogP contribution in [-0.2, 0) is 0 Å². The molecule has 4 nitrogen and oxygen atoms in total. The molecule has 0 bridgehead atoms. The maximum absolute atomic E-state index is 12.8. The van der Waals surface area contributed by atoms with Crippen molar-refractivity contribution in [1.29, 1.82) is 0 Å². The molecule has 2 amide bonds. The molecule has 0 aromatic carbocycles. The van der Waals surface area contributed by atoms with Crippen LogP contribution >= 0.6 is 0 Å². The average molecular weight is 307 g/mol. The molecule has 1 saturated carbocycles. The van der Waals surface area contributed by atoms with Crippen molar-refractivity contribution in [1.82, 2.24) is 15.5 Å². The van der Waals surface area contributed by atoms with Crippen LogP contribution in [0.5, 0.6) is 0 Å². The quantitative estimate of drug-likeness (QED) is 0.841. The molecule has 0 aromatic heterocycles. The maximum atomic E-state index is 12.8. The summed E-state index contributed by atoms with van der Waals surface area (Å²) in [4.78, 5) is 13.4. The van der Waals surface area contributed by atoms with Crippen molar-refractivity contribution in [3.63, 3.8) is 0 Å². The van der Waals surface area contributed by atoms with Gasteiger partial charge in [-0.05, 0) is 32.6 Å². The highest BCUT2D eigenvalue weighted by molar-refractivity contribution is 5.74. The van der Waals surface area contributed by atoms with E-state index >= 15 is 0 Å². The summed E-state index contributed by atoms with van der Waals surface area (Å²) in [5.74, 6) is -1.18. The van der Waals surface area contributed by atoms with E-state index in [0.29, 0.717) is 26.1 Å². The Bertz CT molecular complexity index is 362. The highest BCUT2D eigenvalue weighted by Crippen LogP contribution is 2.37. The fourth-order valence-electron chi connectivity index (χ4n) is 3.32. The second kappa shape index (κ2) is 6.85. The van der Waals surface area contributed by atoms with Crippen LogP contribution in [0, 0.1) is 5.92 Å². The number of nitrogens with one attached hydrogen (secondary N) is 2. The minimum absolute atomic E-state index is 0.0791. The zero-order valence-electron chi connectivity index (χ0n) is 12.4. The summed E-state index contributed by atoms with van der Waals surface area (Å²) in [6.07, 6.45) is -1.44. The number of amides is 2. The van der Waals surface area contributed by atoms with Gasteiger partial charge in [-0.15, -0.1) is 0 Å². The molecule has 3 atom stereocenters. The molecule has 0 unspecified atom stereocenters. The Morgan fingerprint density at radius 3 is 2.67 bits per heavy atom. The van der Waals surface area contributed by atoms with Gasteiger partial charge >= 0.3 is 12.2 Å². The minimum Gasteiger partial charge on any atom is -0.338 e. The minimum atomic E-state index is -4.08. The lowest BCUT2D eigenvalue weighted by molar-refractivity contribution is -0.183. The van der Waals surface area contributed by atoms with Gasteiger partial charge in [0, 0.05) is 31.7 Å². The Labute approximate surface area is 123 Å². The van der Waals surface area contributed by atoms with Crippen LogP contribution in [0.15, 0.2) is 0 Å². The standard InChI is InChI=1S/C14H24F3N3O/c1-2-18-13(21)20-7-6-12(9-20)19-11-5-3-4-10(8-11)14(15,16)17/h10-12,19H,2-9H2,1H3,(H,18,21)/t10-,11+,12+/m1/s1. The first kappa shape index (κ1) is 16.4. The van der Waals surface area contributed by atoms with Gasteiger partial charge in [0.05, 0.1) is 5.92 Å². The van der Waals surface area contributed by atoms with Gasteiger partial charge in [0.15, 0.2) is 0 Å². The van der Waals surface area contributed by atoms with Crippen molar-refractivity contribution >= 4 is 6.03 Å². The Kier molecular flexibility index (Phi) is 5.35. The summed E-state index contributed by atoms with van der Waals surface area (Å²) < 4.78 is 38.4. The van der Waals surface area contributed by atoms with E-state index in [1.54, 1.807) is 4.90 Å². The van der Waals surface area contributed by atoms with Crippen LogP contribution in [0.3, 0.4) is 0 Å². The van der Waals surface area contributed by atoms with Crippen LogP contribution in [0.1, 0.15) is 39.0 Å². The third-order valence-electron chi connectivity index (χ3n) is 4.41. The van der Waals surface area contributed by atoms with E-state index in [9.17, 15) is 18.0 Å². The number of urea groups is 1. The lowest BCUT2D eigenvalue weighted by atomic mass is 9.85. The van der Waals surface area contributed by atoms with E-state index in [-0.39, 0.29) is 31.0 Å². The zero-order valence-corrected chi connectivity index (χ0v) is 12.4. The van der Waals surface area contributed by atoms with Crippen LogP contribution < -0.4 is 10.6 Å². The van der Waals surface area contributed by atoms with Crippen LogP contribution in [0.2, 0.25) is 0 Å². The molecule has 0 spiro atoms. The van der Waals surface area contributed by atoms with Crippen molar-refractivity contribution in [2.24, 2.45) is 5.92 Å². The summed E-state index contributed by atoms with van der Waals surface area (Å²) in [6, 6.07) is -0.0484. The van der Waals surface area contributed by atoms with Crippen LogP contribution in [0.4, 0.5) is 18.0 Å². The molecule has 122 valence electrons. The van der Waals surface area contributed by atoms with Crippen molar-refractivity contribution in [2.75, 3.05) is 19.6 Å². The number of alkyl halides is 3. The summed E-state index contributed by atoms with van der Waals surface area (Å²) in [5.41, 5.74) is 0. The molecule has 1 aliphatic carbocycles. The van der Waals surface area contributed by atoms with Gasteiger partial charge < -0.3 is 15.5 Å². The molecule has 1 saturated heterocycles. The number of rotatable bonds is 3. The molecule has 2 fully saturated rings. The first-order chi connectivity index (χ1) is 9.90. The van der Waals surface area contributed by atoms with Gasteiger partial charge in [0.1, 0.15) is 0 Å². The number of likely N-dealkylation sites (tertiary alicyclic amines) is 1. The molecule has 0 aromatic rings. The Hall–Kier alpha value is -0.980. The smallest absolute Gasteiger partial charge is 0.338 e. The third kappa shape index (κ3) is 4.49. The summed E-state index contributed by atoms with van der Waals surface area (Å²) in [6.45, 7) is 3.70. The Morgan fingerprint density at radius 1 is 1.24 bits per heavy atom. The lowest BCUT2D eigenvalue weighted by Crippen LogP contribution is -2.46. The molecule has 2 N–H and O–H groups in total. The number of hydrogen-bond donors (Lipinski definition) is 2. The van der Waals surface area contributed by atoms with Gasteiger partial charge in [0.2, 0.25) is 0 Å².